The minimum Gasteiger partial charge on any atom is -0.497 e. The van der Waals surface area contributed by atoms with E-state index in [1.54, 1.807) is 32.4 Å². The molecule has 24 heavy (non-hydrogen) atoms. The zero-order valence-electron chi connectivity index (χ0n) is 13.9. The average Bonchev–Trinajstić information content (AvgIpc) is 2.60. The molecule has 1 amide bonds. The van der Waals surface area contributed by atoms with Crippen LogP contribution in [0.2, 0.25) is 0 Å². The van der Waals surface area contributed by atoms with Gasteiger partial charge in [0, 0.05) is 31.6 Å². The van der Waals surface area contributed by atoms with Crippen LogP contribution in [0.1, 0.15) is 18.1 Å². The highest BCUT2D eigenvalue weighted by molar-refractivity contribution is 5.85. The molecule has 2 unspecified atom stereocenters. The maximum Gasteiger partial charge on any atom is 0.221 e. The van der Waals surface area contributed by atoms with Crippen molar-refractivity contribution in [1.29, 1.82) is 0 Å². The van der Waals surface area contributed by atoms with E-state index in [2.05, 4.69) is 10.6 Å². The van der Waals surface area contributed by atoms with E-state index in [9.17, 15) is 9.90 Å². The third-order valence-corrected chi connectivity index (χ3v) is 3.68. The largest absolute Gasteiger partial charge is 0.497 e. The van der Waals surface area contributed by atoms with E-state index in [-0.39, 0.29) is 30.9 Å². The predicted octanol–water partition coefficient (Wildman–Crippen LogP) is 0.654. The number of hydrogen-bond donors (Lipinski definition) is 3. The fourth-order valence-electron chi connectivity index (χ4n) is 2.40. The quantitative estimate of drug-likeness (QED) is 0.661. The first-order chi connectivity index (χ1) is 11.1. The molecule has 0 saturated carbocycles. The van der Waals surface area contributed by atoms with Crippen LogP contribution in [0, 0.1) is 0 Å². The van der Waals surface area contributed by atoms with Crippen LogP contribution >= 0.6 is 12.4 Å². The van der Waals surface area contributed by atoms with E-state index in [1.807, 2.05) is 0 Å². The fraction of sp³-hybridized carbons (Fsp3) is 0.562. The number of morpholine rings is 1. The molecule has 1 saturated heterocycles. The second-order valence-electron chi connectivity index (χ2n) is 5.40. The van der Waals surface area contributed by atoms with Crippen molar-refractivity contribution in [2.75, 3.05) is 40.5 Å². The zero-order valence-corrected chi connectivity index (χ0v) is 14.7. The normalized spacial score (nSPS) is 18.2. The van der Waals surface area contributed by atoms with Crippen molar-refractivity contribution in [2.24, 2.45) is 0 Å². The summed E-state index contributed by atoms with van der Waals surface area (Å²) in [4.78, 5) is 11.9. The van der Waals surface area contributed by atoms with E-state index in [4.69, 9.17) is 14.2 Å². The van der Waals surface area contributed by atoms with E-state index in [0.717, 1.165) is 6.54 Å². The fourth-order valence-corrected chi connectivity index (χ4v) is 2.40. The summed E-state index contributed by atoms with van der Waals surface area (Å²) in [6.07, 6.45) is -0.507. The first-order valence-corrected chi connectivity index (χ1v) is 7.61. The Labute approximate surface area is 148 Å². The molecule has 0 radical (unpaired) electrons. The molecule has 1 fully saturated rings. The molecule has 0 spiro atoms. The SMILES string of the molecule is COc1cc(OC)cc(C(O)CNC(=O)CC2COCCN2)c1.Cl. The summed E-state index contributed by atoms with van der Waals surface area (Å²) in [6.45, 7) is 2.09. The number of halogens is 1. The Bertz CT molecular complexity index is 501. The molecule has 7 nitrogen and oxygen atoms in total. The van der Waals surface area contributed by atoms with Crippen LogP contribution in [0.25, 0.3) is 0 Å². The van der Waals surface area contributed by atoms with Gasteiger partial charge in [0.25, 0.3) is 0 Å². The summed E-state index contributed by atoms with van der Waals surface area (Å²) in [5.74, 6) is 1.06. The van der Waals surface area contributed by atoms with Crippen molar-refractivity contribution < 1.29 is 24.1 Å². The van der Waals surface area contributed by atoms with Gasteiger partial charge in [-0.05, 0) is 17.7 Å². The minimum atomic E-state index is -0.835. The molecular formula is C16H25ClN2O5. The highest BCUT2D eigenvalue weighted by Crippen LogP contribution is 2.26. The van der Waals surface area contributed by atoms with Crippen molar-refractivity contribution in [3.63, 3.8) is 0 Å². The number of ether oxygens (including phenoxy) is 3. The van der Waals surface area contributed by atoms with Gasteiger partial charge < -0.3 is 30.0 Å². The summed E-state index contributed by atoms with van der Waals surface area (Å²) >= 11 is 0. The molecule has 136 valence electrons. The molecule has 0 aliphatic carbocycles. The summed E-state index contributed by atoms with van der Waals surface area (Å²) in [7, 11) is 3.10. The van der Waals surface area contributed by atoms with Crippen LogP contribution in [-0.4, -0.2) is 57.6 Å². The molecule has 2 atom stereocenters. The van der Waals surface area contributed by atoms with E-state index < -0.39 is 6.10 Å². The lowest BCUT2D eigenvalue weighted by Crippen LogP contribution is -2.44. The van der Waals surface area contributed by atoms with Crippen molar-refractivity contribution in [1.82, 2.24) is 10.6 Å². The molecule has 1 aliphatic heterocycles. The van der Waals surface area contributed by atoms with Gasteiger partial charge in [0.05, 0.1) is 33.5 Å². The zero-order chi connectivity index (χ0) is 16.7. The van der Waals surface area contributed by atoms with E-state index in [0.29, 0.717) is 36.7 Å². The number of rotatable bonds is 7. The van der Waals surface area contributed by atoms with Gasteiger partial charge in [-0.25, -0.2) is 0 Å². The average molecular weight is 361 g/mol. The lowest BCUT2D eigenvalue weighted by Gasteiger charge is -2.23. The van der Waals surface area contributed by atoms with E-state index in [1.165, 1.54) is 0 Å². The van der Waals surface area contributed by atoms with Gasteiger partial charge in [-0.3, -0.25) is 4.79 Å². The smallest absolute Gasteiger partial charge is 0.221 e. The van der Waals surface area contributed by atoms with Crippen LogP contribution < -0.4 is 20.1 Å². The maximum absolute atomic E-state index is 11.9. The molecule has 0 bridgehead atoms. The van der Waals surface area contributed by atoms with Crippen molar-refractivity contribution >= 4 is 18.3 Å². The highest BCUT2D eigenvalue weighted by atomic mass is 35.5. The highest BCUT2D eigenvalue weighted by Gasteiger charge is 2.18. The Balaban J connectivity index is 0.00000288. The molecule has 1 aromatic carbocycles. The van der Waals surface area contributed by atoms with Gasteiger partial charge >= 0.3 is 0 Å². The summed E-state index contributed by atoms with van der Waals surface area (Å²) in [5, 5.41) is 16.2. The van der Waals surface area contributed by atoms with Gasteiger partial charge in [-0.1, -0.05) is 0 Å². The van der Waals surface area contributed by atoms with Crippen molar-refractivity contribution in [3.8, 4) is 11.5 Å². The summed E-state index contributed by atoms with van der Waals surface area (Å²) < 4.78 is 15.7. The number of aliphatic hydroxyl groups excluding tert-OH is 1. The second kappa shape index (κ2) is 10.4. The molecule has 2 rings (SSSR count). The first kappa shape index (κ1) is 20.5. The Morgan fingerprint density at radius 2 is 2.04 bits per heavy atom. The number of methoxy groups -OCH3 is 2. The molecule has 1 aliphatic rings. The first-order valence-electron chi connectivity index (χ1n) is 7.61. The van der Waals surface area contributed by atoms with Gasteiger partial charge in [0.1, 0.15) is 11.5 Å². The van der Waals surface area contributed by atoms with Crippen molar-refractivity contribution in [3.05, 3.63) is 23.8 Å². The Hall–Kier alpha value is -1.54. The number of hydrogen-bond acceptors (Lipinski definition) is 6. The van der Waals surface area contributed by atoms with Crippen LogP contribution in [0.5, 0.6) is 11.5 Å². The number of aliphatic hydroxyl groups is 1. The lowest BCUT2D eigenvalue weighted by molar-refractivity contribution is -0.122. The third-order valence-electron chi connectivity index (χ3n) is 3.68. The summed E-state index contributed by atoms with van der Waals surface area (Å²) in [5.41, 5.74) is 0.626. The monoisotopic (exact) mass is 360 g/mol. The van der Waals surface area contributed by atoms with Crippen LogP contribution in [0.4, 0.5) is 0 Å². The van der Waals surface area contributed by atoms with Crippen LogP contribution in [-0.2, 0) is 9.53 Å². The molecule has 1 aromatic rings. The van der Waals surface area contributed by atoms with Gasteiger partial charge in [0.15, 0.2) is 0 Å². The maximum atomic E-state index is 11.9. The summed E-state index contributed by atoms with van der Waals surface area (Å²) in [6, 6.07) is 5.19. The molecular weight excluding hydrogens is 336 g/mol. The van der Waals surface area contributed by atoms with E-state index >= 15 is 0 Å². The van der Waals surface area contributed by atoms with Crippen LogP contribution in [0.15, 0.2) is 18.2 Å². The molecule has 1 heterocycles. The number of carbonyl (C=O) groups is 1. The lowest BCUT2D eigenvalue weighted by atomic mass is 10.1. The Morgan fingerprint density at radius 1 is 1.38 bits per heavy atom. The Kier molecular flexibility index (Phi) is 8.84. The third kappa shape index (κ3) is 6.16. The number of benzene rings is 1. The van der Waals surface area contributed by atoms with Crippen molar-refractivity contribution in [2.45, 2.75) is 18.6 Å². The minimum absolute atomic E-state index is 0. The molecule has 0 aromatic heterocycles. The predicted molar refractivity (Wildman–Crippen MR) is 92.0 cm³/mol. The topological polar surface area (TPSA) is 89.0 Å². The van der Waals surface area contributed by atoms with Gasteiger partial charge in [0.2, 0.25) is 5.91 Å². The Morgan fingerprint density at radius 3 is 2.58 bits per heavy atom. The number of nitrogens with one attached hydrogen (secondary N) is 2. The van der Waals surface area contributed by atoms with Gasteiger partial charge in [-0.15, -0.1) is 12.4 Å². The van der Waals surface area contributed by atoms with Crippen LogP contribution in [0.3, 0.4) is 0 Å². The number of carbonyl (C=O) groups excluding carboxylic acids is 1. The standard InChI is InChI=1S/C16H24N2O5.ClH/c1-21-13-5-11(6-14(8-13)22-2)15(19)9-18-16(20)7-12-10-23-4-3-17-12;/h5-6,8,12,15,17,19H,3-4,7,9-10H2,1-2H3,(H,18,20);1H. The molecule has 8 heteroatoms. The van der Waals surface area contributed by atoms with Gasteiger partial charge in [-0.2, -0.15) is 0 Å². The second-order valence-corrected chi connectivity index (χ2v) is 5.40. The number of amides is 1. The molecule has 3 N–H and O–H groups in total.